The average molecular weight is 691 g/mol. The van der Waals surface area contributed by atoms with Gasteiger partial charge in [-0.3, -0.25) is 18.8 Å². The summed E-state index contributed by atoms with van der Waals surface area (Å²) in [4.78, 5) is 41.6. The number of carbonyl (C=O) groups excluding carboxylic acids is 2. The first-order chi connectivity index (χ1) is 24.2. The molecule has 50 heavy (non-hydrogen) atoms. The minimum atomic E-state index is -0.929. The fraction of sp³-hybridized carbons (Fsp3) is 0.282. The summed E-state index contributed by atoms with van der Waals surface area (Å²) in [6.45, 7) is 2.66. The summed E-state index contributed by atoms with van der Waals surface area (Å²) < 4.78 is 1.56. The van der Waals surface area contributed by atoms with Gasteiger partial charge in [0.25, 0.3) is 5.56 Å². The topological polar surface area (TPSA) is 151 Å². The Bertz CT molecular complexity index is 2180. The lowest BCUT2D eigenvalue weighted by atomic mass is 9.91. The minimum Gasteiger partial charge on any atom is -0.394 e. The number of nitrogens with two attached hydrogens (primary N) is 1. The van der Waals surface area contributed by atoms with Gasteiger partial charge in [-0.15, -0.1) is 0 Å². The van der Waals surface area contributed by atoms with E-state index in [2.05, 4.69) is 58.2 Å². The van der Waals surface area contributed by atoms with Gasteiger partial charge in [-0.2, -0.15) is 0 Å². The smallest absolute Gasteiger partial charge is 0.262 e. The van der Waals surface area contributed by atoms with Gasteiger partial charge in [0.15, 0.2) is 0 Å². The van der Waals surface area contributed by atoms with Crippen LogP contribution in [0.1, 0.15) is 35.1 Å². The molecule has 10 nitrogen and oxygen atoms in total. The van der Waals surface area contributed by atoms with E-state index in [0.29, 0.717) is 48.6 Å². The lowest BCUT2D eigenvalue weighted by Crippen LogP contribution is -2.47. The molecule has 0 bridgehead atoms. The maximum absolute atomic E-state index is 13.3. The number of amides is 2. The molecule has 5 aromatic rings. The largest absolute Gasteiger partial charge is 0.394 e. The van der Waals surface area contributed by atoms with Crippen LogP contribution < -0.4 is 27.2 Å². The van der Waals surface area contributed by atoms with Gasteiger partial charge < -0.3 is 26.8 Å². The number of aromatic nitrogens is 2. The molecular formula is C39H39ClN6O4. The van der Waals surface area contributed by atoms with E-state index in [4.69, 9.17) is 17.3 Å². The number of benzene rings is 3. The third-order valence-electron chi connectivity index (χ3n) is 9.84. The molecule has 256 valence electrons. The van der Waals surface area contributed by atoms with Crippen LogP contribution >= 0.6 is 11.6 Å². The summed E-state index contributed by atoms with van der Waals surface area (Å²) in [7, 11) is 0. The summed E-state index contributed by atoms with van der Waals surface area (Å²) in [6.07, 6.45) is 6.12. The molecule has 1 aliphatic carbocycles. The first-order valence-electron chi connectivity index (χ1n) is 16.9. The molecule has 1 aliphatic heterocycles. The van der Waals surface area contributed by atoms with Gasteiger partial charge >= 0.3 is 0 Å². The van der Waals surface area contributed by atoms with Crippen LogP contribution in [0.5, 0.6) is 0 Å². The van der Waals surface area contributed by atoms with Crippen molar-refractivity contribution in [2.75, 3.05) is 13.2 Å². The molecule has 2 aliphatic rings. The monoisotopic (exact) mass is 690 g/mol. The van der Waals surface area contributed by atoms with Gasteiger partial charge in [0.2, 0.25) is 11.8 Å². The molecule has 7 rings (SSSR count). The van der Waals surface area contributed by atoms with E-state index in [1.165, 1.54) is 5.56 Å². The lowest BCUT2D eigenvalue weighted by Gasteiger charge is -2.16. The highest BCUT2D eigenvalue weighted by molar-refractivity contribution is 6.36. The zero-order chi connectivity index (χ0) is 34.9. The number of aliphatic hydroxyl groups excluding tert-OH is 1. The Kier molecular flexibility index (Phi) is 9.52. The highest BCUT2D eigenvalue weighted by Gasteiger charge is 2.26. The molecule has 0 saturated carbocycles. The highest BCUT2D eigenvalue weighted by atomic mass is 35.5. The number of halogens is 1. The van der Waals surface area contributed by atoms with Gasteiger partial charge in [0, 0.05) is 60.7 Å². The van der Waals surface area contributed by atoms with E-state index in [1.807, 2.05) is 36.4 Å². The second-order valence-corrected chi connectivity index (χ2v) is 13.6. The lowest BCUT2D eigenvalue weighted by molar-refractivity contribution is -0.123. The number of nitrogens with one attached hydrogen (secondary N) is 3. The molecule has 2 amide bonds. The van der Waals surface area contributed by atoms with E-state index >= 15 is 0 Å². The van der Waals surface area contributed by atoms with Crippen LogP contribution in [0.2, 0.25) is 5.02 Å². The predicted molar refractivity (Wildman–Crippen MR) is 195 cm³/mol. The number of hydrogen-bond donors (Lipinski definition) is 5. The summed E-state index contributed by atoms with van der Waals surface area (Å²) in [5.74, 6) is -0.280. The minimum absolute atomic E-state index is 0.0684. The van der Waals surface area contributed by atoms with Crippen molar-refractivity contribution in [3.8, 4) is 33.4 Å². The van der Waals surface area contributed by atoms with Gasteiger partial charge in [-0.05, 0) is 77.3 Å². The predicted octanol–water partition coefficient (Wildman–Crippen LogP) is 3.93. The maximum atomic E-state index is 13.3. The van der Waals surface area contributed by atoms with Crippen LogP contribution in [0.3, 0.4) is 0 Å². The fourth-order valence-electron chi connectivity index (χ4n) is 7.10. The molecule has 0 unspecified atom stereocenters. The molecule has 0 spiro atoms. The van der Waals surface area contributed by atoms with Crippen LogP contribution in [-0.4, -0.2) is 57.6 Å². The highest BCUT2D eigenvalue weighted by Crippen LogP contribution is 2.41. The molecule has 11 heteroatoms. The van der Waals surface area contributed by atoms with Gasteiger partial charge in [0.1, 0.15) is 11.7 Å². The van der Waals surface area contributed by atoms with E-state index < -0.39 is 12.6 Å². The summed E-state index contributed by atoms with van der Waals surface area (Å²) >= 11 is 7.17. The van der Waals surface area contributed by atoms with Crippen molar-refractivity contribution < 1.29 is 14.7 Å². The Morgan fingerprint density at radius 3 is 2.54 bits per heavy atom. The van der Waals surface area contributed by atoms with Crippen molar-refractivity contribution in [3.05, 3.63) is 117 Å². The quantitative estimate of drug-likeness (QED) is 0.149. The Morgan fingerprint density at radius 1 is 1.02 bits per heavy atom. The van der Waals surface area contributed by atoms with Crippen molar-refractivity contribution in [1.82, 2.24) is 25.3 Å². The Morgan fingerprint density at radius 2 is 1.76 bits per heavy atom. The first kappa shape index (κ1) is 33.6. The van der Waals surface area contributed by atoms with Crippen molar-refractivity contribution in [2.24, 2.45) is 5.73 Å². The fourth-order valence-corrected chi connectivity index (χ4v) is 7.43. The normalized spacial score (nSPS) is 17.5. The van der Waals surface area contributed by atoms with Crippen molar-refractivity contribution in [2.45, 2.75) is 57.3 Å². The number of rotatable bonds is 10. The molecular weight excluding hydrogens is 652 g/mol. The van der Waals surface area contributed by atoms with Crippen LogP contribution in [0.25, 0.3) is 39.0 Å². The van der Waals surface area contributed by atoms with Crippen molar-refractivity contribution >= 4 is 29.1 Å². The number of fused-ring (bicyclic) bond motifs is 2. The Balaban J connectivity index is 1.12. The number of hydrogen-bond acceptors (Lipinski definition) is 7. The molecule has 3 atom stereocenters. The van der Waals surface area contributed by atoms with Crippen molar-refractivity contribution in [1.29, 1.82) is 0 Å². The van der Waals surface area contributed by atoms with Gasteiger partial charge in [0.05, 0.1) is 11.6 Å². The number of aliphatic hydroxyl groups is 1. The molecule has 1 saturated heterocycles. The number of carbonyl (C=O) groups is 2. The van der Waals surface area contributed by atoms with Crippen molar-refractivity contribution in [3.63, 3.8) is 0 Å². The third-order valence-corrected chi connectivity index (χ3v) is 10.2. The van der Waals surface area contributed by atoms with Crippen LogP contribution in [0.15, 0.2) is 83.9 Å². The van der Waals surface area contributed by atoms with Crippen LogP contribution in [-0.2, 0) is 29.0 Å². The molecule has 0 radical (unpaired) electrons. The third kappa shape index (κ3) is 6.67. The summed E-state index contributed by atoms with van der Waals surface area (Å²) in [6, 6.07) is 21.4. The zero-order valence-corrected chi connectivity index (χ0v) is 28.5. The summed E-state index contributed by atoms with van der Waals surface area (Å²) in [5.41, 5.74) is 15.8. The van der Waals surface area contributed by atoms with E-state index in [0.717, 1.165) is 50.9 Å². The average Bonchev–Trinajstić information content (AvgIpc) is 3.73. The standard InChI is InChI=1S/C39H39ClN6O4/c1-22-30(25-12-13-46-35(17-25)43-19-27(39(46)50)18-42-20-28-10-11-36(48)44-28)4-2-5-31(22)33-7-3-6-32(37(33)40)24-9-8-23-15-29(16-26(23)14-24)45-38(49)34(41)21-47/h2-9,12-14,17,19,28-29,34,42,47H,10-11,15-16,18,20-21,41H2,1H3,(H,44,48)(H,45,49)/t28-,29-,34-/m1/s1. The molecule has 3 aromatic carbocycles. The van der Waals surface area contributed by atoms with Gasteiger partial charge in [-0.1, -0.05) is 66.2 Å². The summed E-state index contributed by atoms with van der Waals surface area (Å²) in [5, 5.41) is 19.0. The van der Waals surface area contributed by atoms with Crippen LogP contribution in [0, 0.1) is 6.92 Å². The van der Waals surface area contributed by atoms with Gasteiger partial charge in [-0.25, -0.2) is 4.98 Å². The second-order valence-electron chi connectivity index (χ2n) is 13.2. The van der Waals surface area contributed by atoms with E-state index in [9.17, 15) is 19.5 Å². The number of pyridine rings is 1. The molecule has 6 N–H and O–H groups in total. The Hall–Kier alpha value is -4.87. The Labute approximate surface area is 294 Å². The maximum Gasteiger partial charge on any atom is 0.262 e. The number of nitrogens with zero attached hydrogens (tertiary/aromatic N) is 2. The second kappa shape index (κ2) is 14.2. The van der Waals surface area contributed by atoms with Crippen LogP contribution in [0.4, 0.5) is 0 Å². The first-order valence-corrected chi connectivity index (χ1v) is 17.3. The van der Waals surface area contributed by atoms with E-state index in [1.54, 1.807) is 16.8 Å². The van der Waals surface area contributed by atoms with E-state index in [-0.39, 0.29) is 29.5 Å². The molecule has 1 fully saturated rings. The SMILES string of the molecule is Cc1c(-c2ccn3c(=O)c(CNC[C@H]4CCC(=O)N4)cnc3c2)cccc1-c1cccc(-c2ccc3c(c2)C[C@H](NC(=O)[C@H](N)CO)C3)c1Cl. The molecule has 2 aromatic heterocycles. The molecule has 3 heterocycles. The zero-order valence-electron chi connectivity index (χ0n) is 27.7.